The van der Waals surface area contributed by atoms with Gasteiger partial charge in [-0.05, 0) is 18.2 Å². The van der Waals surface area contributed by atoms with Crippen molar-refractivity contribution >= 4 is 56.7 Å². The van der Waals surface area contributed by atoms with Gasteiger partial charge in [0.1, 0.15) is 4.88 Å². The number of pyridine rings is 1. The van der Waals surface area contributed by atoms with Gasteiger partial charge >= 0.3 is 0 Å². The van der Waals surface area contributed by atoms with Crippen LogP contribution in [0.5, 0.6) is 0 Å². The molecular weight excluding hydrogens is 341 g/mol. The van der Waals surface area contributed by atoms with E-state index in [1.54, 1.807) is 36.7 Å². The molecule has 0 spiro atoms. The Morgan fingerprint density at radius 3 is 2.95 bits per heavy atom. The molecule has 0 unspecified atom stereocenters. The maximum atomic E-state index is 12.2. The average Bonchev–Trinajstić information content (AvgIpc) is 2.84. The van der Waals surface area contributed by atoms with Crippen LogP contribution in [0.25, 0.3) is 10.1 Å². The van der Waals surface area contributed by atoms with Crippen molar-refractivity contribution < 1.29 is 4.79 Å². The van der Waals surface area contributed by atoms with E-state index in [9.17, 15) is 4.79 Å². The van der Waals surface area contributed by atoms with Gasteiger partial charge in [0.05, 0.1) is 11.2 Å². The summed E-state index contributed by atoms with van der Waals surface area (Å²) in [5.41, 5.74) is 3.25. The maximum Gasteiger partial charge on any atom is 0.283 e. The second-order valence-electron chi connectivity index (χ2n) is 4.37. The van der Waals surface area contributed by atoms with E-state index in [0.717, 1.165) is 15.6 Å². The monoisotopic (exact) mass is 349 g/mol. The van der Waals surface area contributed by atoms with Crippen molar-refractivity contribution in [3.63, 3.8) is 0 Å². The Morgan fingerprint density at radius 1 is 1.32 bits per heavy atom. The highest BCUT2D eigenvalue weighted by molar-refractivity contribution is 7.21. The lowest BCUT2D eigenvalue weighted by Gasteiger charge is -1.97. The summed E-state index contributed by atoms with van der Waals surface area (Å²) in [5, 5.41) is 5.72. The lowest BCUT2D eigenvalue weighted by Crippen LogP contribution is -2.16. The van der Waals surface area contributed by atoms with Gasteiger partial charge in [0.25, 0.3) is 5.91 Å². The number of hydrogen-bond donors (Lipinski definition) is 1. The first-order valence-corrected chi connectivity index (χ1v) is 7.83. The Morgan fingerprint density at radius 2 is 2.18 bits per heavy atom. The van der Waals surface area contributed by atoms with E-state index in [2.05, 4.69) is 15.5 Å². The number of carbonyl (C=O) groups excluding carboxylic acids is 1. The molecule has 1 aromatic carbocycles. The first-order valence-electron chi connectivity index (χ1n) is 6.26. The third-order valence-electron chi connectivity index (χ3n) is 2.86. The molecule has 0 fully saturated rings. The summed E-state index contributed by atoms with van der Waals surface area (Å²) in [4.78, 5) is 16.5. The largest absolute Gasteiger partial charge is 0.283 e. The Hall–Kier alpha value is -1.95. The summed E-state index contributed by atoms with van der Waals surface area (Å²) in [6, 6.07) is 8.94. The molecule has 3 rings (SSSR count). The molecule has 2 aromatic heterocycles. The number of thiophene rings is 1. The molecular formula is C15H9Cl2N3OS. The molecule has 0 aliphatic carbocycles. The number of hydrogen-bond acceptors (Lipinski definition) is 4. The van der Waals surface area contributed by atoms with E-state index in [0.29, 0.717) is 14.9 Å². The average molecular weight is 350 g/mol. The van der Waals surface area contributed by atoms with Crippen molar-refractivity contribution in [1.29, 1.82) is 0 Å². The lowest BCUT2D eigenvalue weighted by atomic mass is 10.2. The summed E-state index contributed by atoms with van der Waals surface area (Å²) in [5.74, 6) is -0.359. The van der Waals surface area contributed by atoms with Crippen LogP contribution in [-0.4, -0.2) is 17.1 Å². The van der Waals surface area contributed by atoms with E-state index in [1.807, 2.05) is 6.07 Å². The molecule has 4 nitrogen and oxygen atoms in total. The number of nitrogens with zero attached hydrogens (tertiary/aromatic N) is 2. The van der Waals surface area contributed by atoms with Crippen molar-refractivity contribution in [3.05, 3.63) is 63.2 Å². The molecule has 0 saturated carbocycles. The Labute approximate surface area is 140 Å². The third-order valence-corrected chi connectivity index (χ3v) is 4.75. The molecule has 1 N–H and O–H groups in total. The first kappa shape index (κ1) is 15.0. The van der Waals surface area contributed by atoms with Crippen LogP contribution >= 0.6 is 34.5 Å². The van der Waals surface area contributed by atoms with Gasteiger partial charge in [-0.3, -0.25) is 9.78 Å². The lowest BCUT2D eigenvalue weighted by molar-refractivity contribution is 0.0959. The molecule has 0 radical (unpaired) electrons. The van der Waals surface area contributed by atoms with Gasteiger partial charge in [-0.1, -0.05) is 35.3 Å². The van der Waals surface area contributed by atoms with E-state index in [1.165, 1.54) is 17.6 Å². The number of aromatic nitrogens is 1. The topological polar surface area (TPSA) is 54.4 Å². The van der Waals surface area contributed by atoms with Crippen molar-refractivity contribution in [1.82, 2.24) is 10.4 Å². The SMILES string of the molecule is O=C(NN=Cc1cccnc1)c1sc2cc(Cl)ccc2c1Cl. The van der Waals surface area contributed by atoms with Gasteiger partial charge in [-0.2, -0.15) is 5.10 Å². The summed E-state index contributed by atoms with van der Waals surface area (Å²) < 4.78 is 0.860. The fourth-order valence-corrected chi connectivity index (χ4v) is 3.54. The van der Waals surface area contributed by atoms with Crippen LogP contribution in [-0.2, 0) is 0 Å². The highest BCUT2D eigenvalue weighted by atomic mass is 35.5. The zero-order valence-electron chi connectivity index (χ0n) is 11.1. The number of rotatable bonds is 3. The van der Waals surface area contributed by atoms with Crippen LogP contribution < -0.4 is 5.43 Å². The van der Waals surface area contributed by atoms with E-state index < -0.39 is 0 Å². The third kappa shape index (κ3) is 3.11. The van der Waals surface area contributed by atoms with E-state index >= 15 is 0 Å². The molecule has 2 heterocycles. The van der Waals surface area contributed by atoms with Crippen LogP contribution in [0, 0.1) is 0 Å². The molecule has 7 heteroatoms. The minimum Gasteiger partial charge on any atom is -0.266 e. The van der Waals surface area contributed by atoms with Gasteiger partial charge in [0.15, 0.2) is 0 Å². The zero-order valence-corrected chi connectivity index (χ0v) is 13.4. The number of halogens is 2. The highest BCUT2D eigenvalue weighted by Gasteiger charge is 2.16. The van der Waals surface area contributed by atoms with Crippen molar-refractivity contribution in [3.8, 4) is 0 Å². The number of amides is 1. The van der Waals surface area contributed by atoms with Crippen LogP contribution in [0.2, 0.25) is 10.0 Å². The number of hydrazone groups is 1. The second-order valence-corrected chi connectivity index (χ2v) is 6.24. The molecule has 22 heavy (non-hydrogen) atoms. The van der Waals surface area contributed by atoms with Gasteiger partial charge in [-0.25, -0.2) is 5.43 Å². The summed E-state index contributed by atoms with van der Waals surface area (Å²) in [7, 11) is 0. The summed E-state index contributed by atoms with van der Waals surface area (Å²) in [6.45, 7) is 0. The molecule has 0 saturated heterocycles. The quantitative estimate of drug-likeness (QED) is 0.563. The van der Waals surface area contributed by atoms with Crippen molar-refractivity contribution in [2.45, 2.75) is 0 Å². The van der Waals surface area contributed by atoms with Gasteiger partial charge in [0, 0.05) is 33.1 Å². The van der Waals surface area contributed by atoms with Crippen molar-refractivity contribution in [2.75, 3.05) is 0 Å². The normalized spacial score (nSPS) is 11.2. The van der Waals surface area contributed by atoms with Crippen LogP contribution in [0.1, 0.15) is 15.2 Å². The molecule has 0 bridgehead atoms. The molecule has 110 valence electrons. The molecule has 0 atom stereocenters. The van der Waals surface area contributed by atoms with Crippen molar-refractivity contribution in [2.24, 2.45) is 5.10 Å². The predicted molar refractivity (Wildman–Crippen MR) is 91.1 cm³/mol. The first-order chi connectivity index (χ1) is 10.6. The molecule has 0 aliphatic rings. The highest BCUT2D eigenvalue weighted by Crippen LogP contribution is 2.36. The van der Waals surface area contributed by atoms with Gasteiger partial charge < -0.3 is 0 Å². The minimum atomic E-state index is -0.359. The smallest absolute Gasteiger partial charge is 0.266 e. The second kappa shape index (κ2) is 6.44. The standard InChI is InChI=1S/C15H9Cl2N3OS/c16-10-3-4-11-12(6-10)22-14(13(11)17)15(21)20-19-8-9-2-1-5-18-7-9/h1-8H,(H,20,21). The molecule has 3 aromatic rings. The zero-order chi connectivity index (χ0) is 15.5. The summed E-state index contributed by atoms with van der Waals surface area (Å²) in [6.07, 6.45) is 4.82. The van der Waals surface area contributed by atoms with E-state index in [-0.39, 0.29) is 5.91 Å². The Bertz CT molecular complexity index is 862. The fourth-order valence-electron chi connectivity index (χ4n) is 1.85. The van der Waals surface area contributed by atoms with Gasteiger partial charge in [0.2, 0.25) is 0 Å². The Kier molecular flexibility index (Phi) is 4.38. The van der Waals surface area contributed by atoms with Crippen LogP contribution in [0.4, 0.5) is 0 Å². The number of benzene rings is 1. The number of nitrogens with one attached hydrogen (secondary N) is 1. The predicted octanol–water partition coefficient (Wildman–Crippen LogP) is 4.37. The van der Waals surface area contributed by atoms with E-state index in [4.69, 9.17) is 23.2 Å². The molecule has 1 amide bonds. The van der Waals surface area contributed by atoms with Crippen LogP contribution in [0.3, 0.4) is 0 Å². The molecule has 0 aliphatic heterocycles. The van der Waals surface area contributed by atoms with Crippen LogP contribution in [0.15, 0.2) is 47.8 Å². The number of fused-ring (bicyclic) bond motifs is 1. The fraction of sp³-hybridized carbons (Fsp3) is 0. The number of carbonyl (C=O) groups is 1. The van der Waals surface area contributed by atoms with Gasteiger partial charge in [-0.15, -0.1) is 11.3 Å². The minimum absolute atomic E-state index is 0.359. The summed E-state index contributed by atoms with van der Waals surface area (Å²) >= 11 is 13.5. The Balaban J connectivity index is 1.80. The maximum absolute atomic E-state index is 12.2.